The number of rotatable bonds is 2. The van der Waals surface area contributed by atoms with E-state index in [-0.39, 0.29) is 5.91 Å². The molecule has 20 heavy (non-hydrogen) atoms. The molecule has 2 heterocycles. The van der Waals surface area contributed by atoms with Gasteiger partial charge in [0, 0.05) is 19.3 Å². The predicted octanol–water partition coefficient (Wildman–Crippen LogP) is 0.927. The van der Waals surface area contributed by atoms with Gasteiger partial charge in [-0.15, -0.1) is 0 Å². The van der Waals surface area contributed by atoms with E-state index in [1.54, 1.807) is 27.9 Å². The number of nitrogens with two attached hydrogens (primary N) is 1. The van der Waals surface area contributed by atoms with Crippen molar-refractivity contribution in [1.82, 2.24) is 14.7 Å². The number of morpholine rings is 1. The number of anilines is 1. The predicted molar refractivity (Wildman–Crippen MR) is 74.7 cm³/mol. The number of nitrogens with zero attached hydrogens (tertiary/aromatic N) is 3. The third kappa shape index (κ3) is 2.37. The Kier molecular flexibility index (Phi) is 3.39. The lowest BCUT2D eigenvalue weighted by Gasteiger charge is -2.25. The monoisotopic (exact) mass is 272 g/mol. The normalized spacial score (nSPS) is 15.3. The number of carbonyl (C=O) groups is 1. The second-order valence-corrected chi connectivity index (χ2v) is 4.61. The Labute approximate surface area is 116 Å². The van der Waals surface area contributed by atoms with E-state index in [0.29, 0.717) is 37.7 Å². The van der Waals surface area contributed by atoms with Gasteiger partial charge in [-0.1, -0.05) is 12.1 Å². The minimum absolute atomic E-state index is 0.0680. The number of amides is 1. The maximum absolute atomic E-state index is 12.3. The van der Waals surface area contributed by atoms with Gasteiger partial charge in [0.15, 0.2) is 5.69 Å². The second-order valence-electron chi connectivity index (χ2n) is 4.61. The number of para-hydroxylation sites is 2. The highest BCUT2D eigenvalue weighted by atomic mass is 16.5. The van der Waals surface area contributed by atoms with Gasteiger partial charge >= 0.3 is 0 Å². The van der Waals surface area contributed by atoms with Crippen molar-refractivity contribution in [1.29, 1.82) is 0 Å². The minimum Gasteiger partial charge on any atom is -0.397 e. The van der Waals surface area contributed by atoms with Gasteiger partial charge in [0.25, 0.3) is 5.91 Å². The Morgan fingerprint density at radius 1 is 1.20 bits per heavy atom. The van der Waals surface area contributed by atoms with Gasteiger partial charge in [-0.3, -0.25) is 4.79 Å². The molecule has 0 radical (unpaired) electrons. The molecule has 1 saturated heterocycles. The van der Waals surface area contributed by atoms with Crippen molar-refractivity contribution < 1.29 is 9.53 Å². The fourth-order valence-electron chi connectivity index (χ4n) is 2.20. The Morgan fingerprint density at radius 3 is 2.70 bits per heavy atom. The lowest BCUT2D eigenvalue weighted by Crippen LogP contribution is -2.40. The summed E-state index contributed by atoms with van der Waals surface area (Å²) in [5, 5.41) is 4.32. The van der Waals surface area contributed by atoms with Crippen molar-refractivity contribution in [3.63, 3.8) is 0 Å². The first-order chi connectivity index (χ1) is 9.75. The van der Waals surface area contributed by atoms with Crippen LogP contribution in [0.2, 0.25) is 0 Å². The molecular formula is C14H16N4O2. The van der Waals surface area contributed by atoms with E-state index < -0.39 is 0 Å². The summed E-state index contributed by atoms with van der Waals surface area (Å²) in [4.78, 5) is 14.0. The summed E-state index contributed by atoms with van der Waals surface area (Å²) in [5.41, 5.74) is 7.73. The van der Waals surface area contributed by atoms with Crippen molar-refractivity contribution in [2.45, 2.75) is 0 Å². The molecular weight excluding hydrogens is 256 g/mol. The highest BCUT2D eigenvalue weighted by molar-refractivity contribution is 5.92. The van der Waals surface area contributed by atoms with E-state index in [1.165, 1.54) is 0 Å². The van der Waals surface area contributed by atoms with Crippen LogP contribution in [0.3, 0.4) is 0 Å². The number of aromatic nitrogens is 2. The van der Waals surface area contributed by atoms with Gasteiger partial charge in [0.2, 0.25) is 0 Å². The lowest BCUT2D eigenvalue weighted by molar-refractivity contribution is 0.0298. The molecule has 1 aromatic carbocycles. The molecule has 0 saturated carbocycles. The number of hydrogen-bond acceptors (Lipinski definition) is 4. The topological polar surface area (TPSA) is 73.4 Å². The van der Waals surface area contributed by atoms with Crippen LogP contribution in [-0.4, -0.2) is 46.9 Å². The Balaban J connectivity index is 1.83. The molecule has 1 amide bonds. The smallest absolute Gasteiger partial charge is 0.274 e. The lowest BCUT2D eigenvalue weighted by atomic mass is 10.3. The highest BCUT2D eigenvalue weighted by Gasteiger charge is 2.20. The van der Waals surface area contributed by atoms with E-state index in [4.69, 9.17) is 10.5 Å². The van der Waals surface area contributed by atoms with Gasteiger partial charge in [-0.25, -0.2) is 4.68 Å². The van der Waals surface area contributed by atoms with Crippen LogP contribution < -0.4 is 5.73 Å². The number of hydrogen-bond donors (Lipinski definition) is 1. The zero-order chi connectivity index (χ0) is 13.9. The third-order valence-electron chi connectivity index (χ3n) is 3.29. The van der Waals surface area contributed by atoms with E-state index >= 15 is 0 Å². The minimum atomic E-state index is -0.0680. The maximum atomic E-state index is 12.3. The first kappa shape index (κ1) is 12.7. The molecule has 0 bridgehead atoms. The summed E-state index contributed by atoms with van der Waals surface area (Å²) < 4.78 is 6.87. The maximum Gasteiger partial charge on any atom is 0.274 e. The molecule has 0 atom stereocenters. The fourth-order valence-corrected chi connectivity index (χ4v) is 2.20. The number of nitrogen functional groups attached to an aromatic ring is 1. The van der Waals surface area contributed by atoms with Crippen LogP contribution in [0.15, 0.2) is 36.5 Å². The standard InChI is InChI=1S/C14H16N4O2/c15-11-3-1-2-4-13(11)18-6-5-12(16-18)14(19)17-7-9-20-10-8-17/h1-6H,7-10,15H2. The molecule has 2 N–H and O–H groups in total. The molecule has 2 aromatic rings. The summed E-state index contributed by atoms with van der Waals surface area (Å²) in [6.07, 6.45) is 1.75. The van der Waals surface area contributed by atoms with Crippen molar-refractivity contribution >= 4 is 11.6 Å². The van der Waals surface area contributed by atoms with Crippen molar-refractivity contribution in [3.8, 4) is 5.69 Å². The summed E-state index contributed by atoms with van der Waals surface area (Å²) in [5.74, 6) is -0.0680. The van der Waals surface area contributed by atoms with Gasteiger partial charge in [0.1, 0.15) is 0 Å². The Hall–Kier alpha value is -2.34. The van der Waals surface area contributed by atoms with E-state index in [1.807, 2.05) is 18.2 Å². The van der Waals surface area contributed by atoms with Crippen LogP contribution in [0.25, 0.3) is 5.69 Å². The molecule has 104 valence electrons. The Bertz CT molecular complexity index is 617. The fraction of sp³-hybridized carbons (Fsp3) is 0.286. The summed E-state index contributed by atoms with van der Waals surface area (Å²) >= 11 is 0. The van der Waals surface area contributed by atoms with Crippen LogP contribution in [0.5, 0.6) is 0 Å². The molecule has 1 aliphatic heterocycles. The summed E-state index contributed by atoms with van der Waals surface area (Å²) in [6.45, 7) is 2.38. The van der Waals surface area contributed by atoms with E-state index in [9.17, 15) is 4.79 Å². The third-order valence-corrected chi connectivity index (χ3v) is 3.29. The average molecular weight is 272 g/mol. The number of benzene rings is 1. The molecule has 0 unspecified atom stereocenters. The van der Waals surface area contributed by atoms with Gasteiger partial charge in [-0.05, 0) is 18.2 Å². The van der Waals surface area contributed by atoms with Crippen LogP contribution in [0.1, 0.15) is 10.5 Å². The molecule has 0 aliphatic carbocycles. The number of ether oxygens (including phenoxy) is 1. The highest BCUT2D eigenvalue weighted by Crippen LogP contribution is 2.16. The zero-order valence-corrected chi connectivity index (χ0v) is 11.0. The van der Waals surface area contributed by atoms with Crippen molar-refractivity contribution in [2.75, 3.05) is 32.0 Å². The quantitative estimate of drug-likeness (QED) is 0.825. The van der Waals surface area contributed by atoms with Crippen molar-refractivity contribution in [3.05, 3.63) is 42.2 Å². The first-order valence-electron chi connectivity index (χ1n) is 6.53. The van der Waals surface area contributed by atoms with Crippen LogP contribution >= 0.6 is 0 Å². The van der Waals surface area contributed by atoms with Crippen LogP contribution in [0.4, 0.5) is 5.69 Å². The van der Waals surface area contributed by atoms with Gasteiger partial charge in [0.05, 0.1) is 24.6 Å². The molecule has 1 aliphatic rings. The first-order valence-corrected chi connectivity index (χ1v) is 6.53. The van der Waals surface area contributed by atoms with Gasteiger partial charge < -0.3 is 15.4 Å². The summed E-state index contributed by atoms with van der Waals surface area (Å²) in [7, 11) is 0. The molecule has 6 nitrogen and oxygen atoms in total. The van der Waals surface area contributed by atoms with Gasteiger partial charge in [-0.2, -0.15) is 5.10 Å². The molecule has 1 aromatic heterocycles. The molecule has 0 spiro atoms. The Morgan fingerprint density at radius 2 is 1.95 bits per heavy atom. The molecule has 6 heteroatoms. The van der Waals surface area contributed by atoms with Crippen LogP contribution in [0, 0.1) is 0 Å². The number of carbonyl (C=O) groups excluding carboxylic acids is 1. The second kappa shape index (κ2) is 5.34. The summed E-state index contributed by atoms with van der Waals surface area (Å²) in [6, 6.07) is 9.13. The van der Waals surface area contributed by atoms with E-state index in [2.05, 4.69) is 5.10 Å². The van der Waals surface area contributed by atoms with Crippen molar-refractivity contribution in [2.24, 2.45) is 0 Å². The average Bonchev–Trinajstić information content (AvgIpc) is 2.97. The van der Waals surface area contributed by atoms with Crippen LogP contribution in [-0.2, 0) is 4.74 Å². The van der Waals surface area contributed by atoms with E-state index in [0.717, 1.165) is 5.69 Å². The molecule has 3 rings (SSSR count). The molecule has 1 fully saturated rings. The zero-order valence-electron chi connectivity index (χ0n) is 11.0. The SMILES string of the molecule is Nc1ccccc1-n1ccc(C(=O)N2CCOCC2)n1. The largest absolute Gasteiger partial charge is 0.397 e.